The number of halogens is 2. The third kappa shape index (κ3) is 2.30. The molecule has 104 valence electrons. The summed E-state index contributed by atoms with van der Waals surface area (Å²) in [6.45, 7) is 5.15. The van der Waals surface area contributed by atoms with E-state index in [1.807, 2.05) is 0 Å². The number of amides is 1. The van der Waals surface area contributed by atoms with Gasteiger partial charge in [0.1, 0.15) is 12.2 Å². The standard InChI is InChI=1S/C12H19F2NO3/c1-10(2,3)18-9(16)15-6-11(7-15)4-5-17-8-12(11,13)14/h4-8H2,1-3H3. The van der Waals surface area contributed by atoms with Gasteiger partial charge in [-0.25, -0.2) is 13.6 Å². The molecule has 2 fully saturated rings. The Labute approximate surface area is 105 Å². The molecule has 0 radical (unpaired) electrons. The highest BCUT2D eigenvalue weighted by Gasteiger charge is 2.63. The fraction of sp³-hybridized carbons (Fsp3) is 0.917. The summed E-state index contributed by atoms with van der Waals surface area (Å²) in [6, 6.07) is 0. The minimum atomic E-state index is -2.86. The van der Waals surface area contributed by atoms with E-state index in [2.05, 4.69) is 0 Å². The lowest BCUT2D eigenvalue weighted by Crippen LogP contribution is -2.69. The van der Waals surface area contributed by atoms with Crippen LogP contribution in [-0.4, -0.2) is 48.8 Å². The summed E-state index contributed by atoms with van der Waals surface area (Å²) in [5.74, 6) is -2.86. The highest BCUT2D eigenvalue weighted by Crippen LogP contribution is 2.49. The van der Waals surface area contributed by atoms with E-state index < -0.39 is 29.6 Å². The Morgan fingerprint density at radius 2 is 1.94 bits per heavy atom. The first-order valence-corrected chi connectivity index (χ1v) is 6.09. The molecule has 2 saturated heterocycles. The van der Waals surface area contributed by atoms with E-state index in [-0.39, 0.29) is 13.1 Å². The van der Waals surface area contributed by atoms with Gasteiger partial charge in [0, 0.05) is 19.7 Å². The van der Waals surface area contributed by atoms with Crippen molar-refractivity contribution in [3.05, 3.63) is 0 Å². The van der Waals surface area contributed by atoms with Gasteiger partial charge < -0.3 is 14.4 Å². The molecule has 2 heterocycles. The first-order valence-electron chi connectivity index (χ1n) is 6.09. The molecule has 2 aliphatic rings. The van der Waals surface area contributed by atoms with Crippen LogP contribution in [0.3, 0.4) is 0 Å². The Bertz CT molecular complexity index is 346. The molecule has 0 aliphatic carbocycles. The van der Waals surface area contributed by atoms with Crippen LogP contribution < -0.4 is 0 Å². The molecule has 1 amide bonds. The van der Waals surface area contributed by atoms with Crippen LogP contribution in [0.2, 0.25) is 0 Å². The van der Waals surface area contributed by atoms with Crippen molar-refractivity contribution in [2.75, 3.05) is 26.3 Å². The van der Waals surface area contributed by atoms with Crippen molar-refractivity contribution in [2.24, 2.45) is 5.41 Å². The van der Waals surface area contributed by atoms with Crippen molar-refractivity contribution in [1.29, 1.82) is 0 Å². The van der Waals surface area contributed by atoms with Gasteiger partial charge in [-0.3, -0.25) is 0 Å². The van der Waals surface area contributed by atoms with Crippen LogP contribution in [0.5, 0.6) is 0 Å². The predicted octanol–water partition coefficient (Wildman–Crippen LogP) is 2.28. The summed E-state index contributed by atoms with van der Waals surface area (Å²) in [6.07, 6.45) is -0.227. The maximum absolute atomic E-state index is 13.8. The van der Waals surface area contributed by atoms with Gasteiger partial charge >= 0.3 is 6.09 Å². The summed E-state index contributed by atoms with van der Waals surface area (Å²) in [4.78, 5) is 13.0. The molecule has 0 bridgehead atoms. The highest BCUT2D eigenvalue weighted by molar-refractivity contribution is 5.69. The number of rotatable bonds is 0. The zero-order valence-corrected chi connectivity index (χ0v) is 11.0. The van der Waals surface area contributed by atoms with Gasteiger partial charge in [0.25, 0.3) is 5.92 Å². The number of hydrogen-bond donors (Lipinski definition) is 0. The van der Waals surface area contributed by atoms with Gasteiger partial charge in [-0.05, 0) is 27.2 Å². The third-order valence-corrected chi connectivity index (χ3v) is 3.42. The molecule has 2 aliphatic heterocycles. The van der Waals surface area contributed by atoms with Crippen LogP contribution in [0, 0.1) is 5.41 Å². The molecule has 0 aromatic heterocycles. The van der Waals surface area contributed by atoms with Crippen molar-refractivity contribution in [1.82, 2.24) is 4.90 Å². The van der Waals surface area contributed by atoms with Crippen LogP contribution in [0.4, 0.5) is 13.6 Å². The second-order valence-electron chi connectivity index (χ2n) is 6.12. The number of likely N-dealkylation sites (tertiary alicyclic amines) is 1. The summed E-state index contributed by atoms with van der Waals surface area (Å²) in [5, 5.41) is 0. The molecule has 4 nitrogen and oxygen atoms in total. The van der Waals surface area contributed by atoms with E-state index in [0.717, 1.165) is 0 Å². The molecular formula is C12H19F2NO3. The quantitative estimate of drug-likeness (QED) is 0.673. The minimum Gasteiger partial charge on any atom is -0.444 e. The van der Waals surface area contributed by atoms with Crippen LogP contribution >= 0.6 is 0 Å². The molecule has 6 heteroatoms. The van der Waals surface area contributed by atoms with Crippen LogP contribution in [-0.2, 0) is 9.47 Å². The predicted molar refractivity (Wildman–Crippen MR) is 60.6 cm³/mol. The van der Waals surface area contributed by atoms with E-state index in [4.69, 9.17) is 9.47 Å². The molecule has 0 saturated carbocycles. The van der Waals surface area contributed by atoms with Gasteiger partial charge in [0.2, 0.25) is 0 Å². The lowest BCUT2D eigenvalue weighted by atomic mass is 9.71. The molecule has 0 aromatic rings. The second kappa shape index (κ2) is 4.05. The number of nitrogens with zero attached hydrogens (tertiary/aromatic N) is 1. The summed E-state index contributed by atoms with van der Waals surface area (Å²) >= 11 is 0. The molecule has 0 aromatic carbocycles. The molecule has 18 heavy (non-hydrogen) atoms. The van der Waals surface area contributed by atoms with Crippen molar-refractivity contribution in [3.8, 4) is 0 Å². The maximum atomic E-state index is 13.8. The average Bonchev–Trinajstić information content (AvgIpc) is 2.10. The van der Waals surface area contributed by atoms with Crippen LogP contribution in [0.15, 0.2) is 0 Å². The van der Waals surface area contributed by atoms with Gasteiger partial charge in [-0.1, -0.05) is 0 Å². The van der Waals surface area contributed by atoms with Gasteiger partial charge in [0.05, 0.1) is 5.41 Å². The Morgan fingerprint density at radius 3 is 2.44 bits per heavy atom. The van der Waals surface area contributed by atoms with Crippen LogP contribution in [0.25, 0.3) is 0 Å². The second-order valence-corrected chi connectivity index (χ2v) is 6.12. The van der Waals surface area contributed by atoms with E-state index in [1.54, 1.807) is 20.8 Å². The normalized spacial score (nSPS) is 25.7. The van der Waals surface area contributed by atoms with Crippen molar-refractivity contribution >= 4 is 6.09 Å². The summed E-state index contributed by atoms with van der Waals surface area (Å²) in [7, 11) is 0. The molecule has 0 unspecified atom stereocenters. The number of carbonyl (C=O) groups is 1. The van der Waals surface area contributed by atoms with E-state index in [1.165, 1.54) is 4.90 Å². The average molecular weight is 263 g/mol. The van der Waals surface area contributed by atoms with Crippen molar-refractivity contribution in [3.63, 3.8) is 0 Å². The number of ether oxygens (including phenoxy) is 2. The first kappa shape index (κ1) is 13.5. The monoisotopic (exact) mass is 263 g/mol. The summed E-state index contributed by atoms with van der Waals surface area (Å²) in [5.41, 5.74) is -1.71. The SMILES string of the molecule is CC(C)(C)OC(=O)N1CC2(CCOCC2(F)F)C1. The van der Waals surface area contributed by atoms with E-state index in [9.17, 15) is 13.6 Å². The third-order valence-electron chi connectivity index (χ3n) is 3.42. The maximum Gasteiger partial charge on any atom is 0.410 e. The lowest BCUT2D eigenvalue weighted by Gasteiger charge is -2.54. The zero-order chi connectivity index (χ0) is 13.6. The highest BCUT2D eigenvalue weighted by atomic mass is 19.3. The Kier molecular flexibility index (Phi) is 3.04. The van der Waals surface area contributed by atoms with Crippen molar-refractivity contribution in [2.45, 2.75) is 38.7 Å². The molecular weight excluding hydrogens is 244 g/mol. The molecule has 1 spiro atoms. The number of carbonyl (C=O) groups excluding carboxylic acids is 1. The van der Waals surface area contributed by atoms with E-state index in [0.29, 0.717) is 13.0 Å². The van der Waals surface area contributed by atoms with Crippen LogP contribution in [0.1, 0.15) is 27.2 Å². The Hall–Kier alpha value is -0.910. The van der Waals surface area contributed by atoms with E-state index >= 15 is 0 Å². The number of hydrogen-bond acceptors (Lipinski definition) is 3. The number of alkyl halides is 2. The van der Waals surface area contributed by atoms with Gasteiger partial charge in [0.15, 0.2) is 0 Å². The molecule has 0 N–H and O–H groups in total. The summed E-state index contributed by atoms with van der Waals surface area (Å²) < 4.78 is 37.5. The molecule has 2 rings (SSSR count). The topological polar surface area (TPSA) is 38.8 Å². The minimum absolute atomic E-state index is 0.0538. The smallest absolute Gasteiger partial charge is 0.410 e. The fourth-order valence-corrected chi connectivity index (χ4v) is 2.33. The Balaban J connectivity index is 1.95. The largest absolute Gasteiger partial charge is 0.444 e. The Morgan fingerprint density at radius 1 is 1.33 bits per heavy atom. The van der Waals surface area contributed by atoms with Crippen molar-refractivity contribution < 1.29 is 23.0 Å². The lowest BCUT2D eigenvalue weighted by molar-refractivity contribution is -0.245. The van der Waals surface area contributed by atoms with Gasteiger partial charge in [-0.2, -0.15) is 0 Å². The zero-order valence-electron chi connectivity index (χ0n) is 11.0. The van der Waals surface area contributed by atoms with Gasteiger partial charge in [-0.15, -0.1) is 0 Å². The first-order chi connectivity index (χ1) is 8.15. The molecule has 0 atom stereocenters. The fourth-order valence-electron chi connectivity index (χ4n) is 2.33.